The van der Waals surface area contributed by atoms with Gasteiger partial charge in [-0.1, -0.05) is 19.8 Å². The molecule has 0 aromatic rings. The molecule has 2 N–H and O–H groups in total. The van der Waals surface area contributed by atoms with Gasteiger partial charge in [-0.25, -0.2) is 0 Å². The van der Waals surface area contributed by atoms with Crippen molar-refractivity contribution < 1.29 is 14.3 Å². The van der Waals surface area contributed by atoms with Crippen LogP contribution in [0.1, 0.15) is 26.2 Å². The highest BCUT2D eigenvalue weighted by Crippen LogP contribution is 2.08. The minimum Gasteiger partial charge on any atom is -0.456 e. The first-order chi connectivity index (χ1) is 6.24. The largest absolute Gasteiger partial charge is 0.456 e. The molecule has 0 aromatic heterocycles. The number of unbranched alkanes of at least 4 members (excludes halogenated alkanes) is 1. The second kappa shape index (κ2) is 5.19. The quantitative estimate of drug-likeness (QED) is 0.635. The zero-order valence-corrected chi connectivity index (χ0v) is 7.99. The third-order valence-corrected chi connectivity index (χ3v) is 2.06. The van der Waals surface area contributed by atoms with E-state index in [1.807, 2.05) is 0 Å². The Hall–Kier alpha value is -0.610. The average Bonchev–Trinajstić information content (AvgIpc) is 2.06. The fraction of sp³-hybridized carbons (Fsp3) is 0.889. The van der Waals surface area contributed by atoms with Crippen LogP contribution in [0.15, 0.2) is 0 Å². The number of carbonyl (C=O) groups excluding carboxylic acids is 1. The molecule has 1 fully saturated rings. The predicted molar refractivity (Wildman–Crippen MR) is 48.2 cm³/mol. The summed E-state index contributed by atoms with van der Waals surface area (Å²) in [5.41, 5.74) is 5.62. The van der Waals surface area contributed by atoms with Gasteiger partial charge in [-0.2, -0.15) is 0 Å². The fourth-order valence-electron chi connectivity index (χ4n) is 1.08. The van der Waals surface area contributed by atoms with Crippen LogP contribution in [0.2, 0.25) is 0 Å². The Bertz CT molecular complexity index is 168. The maximum Gasteiger partial charge on any atom is 0.323 e. The molecular weight excluding hydrogens is 170 g/mol. The van der Waals surface area contributed by atoms with Gasteiger partial charge in [0.05, 0.1) is 13.2 Å². The van der Waals surface area contributed by atoms with Crippen molar-refractivity contribution in [2.24, 2.45) is 5.73 Å². The molecule has 1 atom stereocenters. The molecule has 4 heteroatoms. The number of hydrogen-bond donors (Lipinski definition) is 1. The highest BCUT2D eigenvalue weighted by atomic mass is 16.6. The van der Waals surface area contributed by atoms with Crippen LogP contribution >= 0.6 is 0 Å². The van der Waals surface area contributed by atoms with Crippen LogP contribution in [-0.4, -0.2) is 31.3 Å². The molecular formula is C9H17NO3. The third kappa shape index (κ3) is 3.32. The number of hydrogen-bond acceptors (Lipinski definition) is 4. The molecule has 1 saturated heterocycles. The lowest BCUT2D eigenvalue weighted by Crippen LogP contribution is -2.42. The van der Waals surface area contributed by atoms with Crippen LogP contribution in [0.5, 0.6) is 0 Å². The van der Waals surface area contributed by atoms with Gasteiger partial charge in [0.2, 0.25) is 0 Å². The summed E-state index contributed by atoms with van der Waals surface area (Å²) in [6.07, 6.45) is 2.67. The molecule has 0 amide bonds. The molecule has 1 rings (SSSR count). The highest BCUT2D eigenvalue weighted by Gasteiger charge is 2.25. The number of esters is 1. The Kier molecular flexibility index (Phi) is 4.18. The zero-order chi connectivity index (χ0) is 9.68. The van der Waals surface area contributed by atoms with E-state index in [0.29, 0.717) is 19.6 Å². The number of nitrogens with two attached hydrogens (primary N) is 1. The summed E-state index contributed by atoms with van der Waals surface area (Å²) >= 11 is 0. The SMILES string of the molecule is CCCC[C@H](N)C(=O)OC1COC1. The number of rotatable bonds is 5. The summed E-state index contributed by atoms with van der Waals surface area (Å²) < 4.78 is 9.93. The predicted octanol–water partition coefficient (Wildman–Crippen LogP) is 0.446. The van der Waals surface area contributed by atoms with Gasteiger partial charge in [-0.15, -0.1) is 0 Å². The van der Waals surface area contributed by atoms with Crippen LogP contribution in [0, 0.1) is 0 Å². The molecule has 1 aliphatic rings. The van der Waals surface area contributed by atoms with E-state index in [1.54, 1.807) is 0 Å². The van der Waals surface area contributed by atoms with Crippen LogP contribution in [0.25, 0.3) is 0 Å². The van der Waals surface area contributed by atoms with E-state index < -0.39 is 6.04 Å². The first kappa shape index (κ1) is 10.5. The van der Waals surface area contributed by atoms with Crippen molar-refractivity contribution in [3.8, 4) is 0 Å². The highest BCUT2D eigenvalue weighted by molar-refractivity contribution is 5.75. The van der Waals surface area contributed by atoms with E-state index in [4.69, 9.17) is 15.2 Å². The lowest BCUT2D eigenvalue weighted by atomic mass is 10.1. The summed E-state index contributed by atoms with van der Waals surface area (Å²) in [4.78, 5) is 11.2. The smallest absolute Gasteiger partial charge is 0.323 e. The van der Waals surface area contributed by atoms with Crippen molar-refractivity contribution in [2.45, 2.75) is 38.3 Å². The molecule has 0 aliphatic carbocycles. The summed E-state index contributed by atoms with van der Waals surface area (Å²) in [6, 6.07) is -0.458. The van der Waals surface area contributed by atoms with Gasteiger partial charge in [0.1, 0.15) is 12.1 Å². The standard InChI is InChI=1S/C9H17NO3/c1-2-3-4-8(10)9(11)13-7-5-12-6-7/h7-8H,2-6,10H2,1H3/t8-/m0/s1. The van der Waals surface area contributed by atoms with Crippen molar-refractivity contribution in [3.63, 3.8) is 0 Å². The van der Waals surface area contributed by atoms with Gasteiger partial charge in [0.25, 0.3) is 0 Å². The first-order valence-corrected chi connectivity index (χ1v) is 4.78. The maximum atomic E-state index is 11.2. The van der Waals surface area contributed by atoms with Crippen LogP contribution in [0.4, 0.5) is 0 Å². The molecule has 13 heavy (non-hydrogen) atoms. The lowest BCUT2D eigenvalue weighted by Gasteiger charge is -2.26. The molecule has 0 aromatic carbocycles. The summed E-state index contributed by atoms with van der Waals surface area (Å²) in [5, 5.41) is 0. The van der Waals surface area contributed by atoms with Gasteiger partial charge in [0, 0.05) is 0 Å². The average molecular weight is 187 g/mol. The molecule has 0 bridgehead atoms. The number of ether oxygens (including phenoxy) is 2. The van der Waals surface area contributed by atoms with Gasteiger partial charge >= 0.3 is 5.97 Å². The van der Waals surface area contributed by atoms with Gasteiger partial charge in [0.15, 0.2) is 0 Å². The molecule has 1 heterocycles. The Labute approximate surface area is 78.4 Å². The van der Waals surface area contributed by atoms with E-state index in [9.17, 15) is 4.79 Å². The van der Waals surface area contributed by atoms with E-state index in [2.05, 4.69) is 6.92 Å². The van der Waals surface area contributed by atoms with E-state index in [-0.39, 0.29) is 12.1 Å². The second-order valence-electron chi connectivity index (χ2n) is 3.35. The van der Waals surface area contributed by atoms with Crippen molar-refractivity contribution in [1.29, 1.82) is 0 Å². The van der Waals surface area contributed by atoms with Crippen LogP contribution in [0.3, 0.4) is 0 Å². The number of carbonyl (C=O) groups is 1. The molecule has 76 valence electrons. The van der Waals surface area contributed by atoms with Crippen LogP contribution in [-0.2, 0) is 14.3 Å². The first-order valence-electron chi connectivity index (χ1n) is 4.78. The minimum atomic E-state index is -0.458. The summed E-state index contributed by atoms with van der Waals surface area (Å²) in [5.74, 6) is -0.290. The van der Waals surface area contributed by atoms with Gasteiger partial charge < -0.3 is 15.2 Å². The third-order valence-electron chi connectivity index (χ3n) is 2.06. The second-order valence-corrected chi connectivity index (χ2v) is 3.35. The Balaban J connectivity index is 2.13. The monoisotopic (exact) mass is 187 g/mol. The zero-order valence-electron chi connectivity index (χ0n) is 7.99. The van der Waals surface area contributed by atoms with Crippen LogP contribution < -0.4 is 5.73 Å². The van der Waals surface area contributed by atoms with Crippen molar-refractivity contribution in [2.75, 3.05) is 13.2 Å². The van der Waals surface area contributed by atoms with E-state index in [1.165, 1.54) is 0 Å². The Morgan fingerprint density at radius 2 is 2.38 bits per heavy atom. The maximum absolute atomic E-state index is 11.2. The van der Waals surface area contributed by atoms with E-state index >= 15 is 0 Å². The van der Waals surface area contributed by atoms with Crippen molar-refractivity contribution in [1.82, 2.24) is 0 Å². The molecule has 0 saturated carbocycles. The van der Waals surface area contributed by atoms with Crippen molar-refractivity contribution in [3.05, 3.63) is 0 Å². The topological polar surface area (TPSA) is 61.6 Å². The molecule has 0 spiro atoms. The summed E-state index contributed by atoms with van der Waals surface area (Å²) in [6.45, 7) is 3.11. The molecule has 4 nitrogen and oxygen atoms in total. The Morgan fingerprint density at radius 3 is 2.85 bits per heavy atom. The van der Waals surface area contributed by atoms with Crippen molar-refractivity contribution >= 4 is 5.97 Å². The Morgan fingerprint density at radius 1 is 1.69 bits per heavy atom. The molecule has 0 radical (unpaired) electrons. The molecule has 1 aliphatic heterocycles. The minimum absolute atomic E-state index is 0.0554. The normalized spacial score (nSPS) is 19.2. The fourth-order valence-corrected chi connectivity index (χ4v) is 1.08. The lowest BCUT2D eigenvalue weighted by molar-refractivity contribution is -0.173. The van der Waals surface area contributed by atoms with E-state index in [0.717, 1.165) is 12.8 Å². The summed E-state index contributed by atoms with van der Waals surface area (Å²) in [7, 11) is 0. The molecule has 0 unspecified atom stereocenters. The van der Waals surface area contributed by atoms with Gasteiger partial charge in [-0.3, -0.25) is 4.79 Å². The van der Waals surface area contributed by atoms with Gasteiger partial charge in [-0.05, 0) is 6.42 Å².